The van der Waals surface area contributed by atoms with E-state index in [2.05, 4.69) is 47.8 Å². The zero-order valence-corrected chi connectivity index (χ0v) is 11.1. The summed E-state index contributed by atoms with van der Waals surface area (Å²) in [7, 11) is 0. The van der Waals surface area contributed by atoms with Crippen LogP contribution >= 0.6 is 15.9 Å². The van der Waals surface area contributed by atoms with E-state index in [4.69, 9.17) is 4.99 Å². The molecule has 3 heteroatoms. The van der Waals surface area contributed by atoms with Crippen molar-refractivity contribution >= 4 is 21.6 Å². The van der Waals surface area contributed by atoms with Crippen LogP contribution in [0.5, 0.6) is 0 Å². The molecule has 0 saturated carbocycles. The number of aromatic nitrogens is 1. The second-order valence-electron chi connectivity index (χ2n) is 5.08. The maximum absolute atomic E-state index is 4.73. The minimum absolute atomic E-state index is 0.307. The predicted molar refractivity (Wildman–Crippen MR) is 67.5 cm³/mol. The molecule has 2 heterocycles. The van der Waals surface area contributed by atoms with Crippen LogP contribution in [0, 0.1) is 5.41 Å². The molecule has 1 aromatic rings. The summed E-state index contributed by atoms with van der Waals surface area (Å²) in [5.41, 5.74) is 2.86. The highest BCUT2D eigenvalue weighted by molar-refractivity contribution is 9.10. The number of halogens is 1. The molecule has 0 saturated heterocycles. The molecule has 0 amide bonds. The summed E-state index contributed by atoms with van der Waals surface area (Å²) in [4.78, 5) is 8.03. The van der Waals surface area contributed by atoms with Crippen LogP contribution in [-0.2, 0) is 6.42 Å². The summed E-state index contributed by atoms with van der Waals surface area (Å²) < 4.78 is 1.05. The van der Waals surface area contributed by atoms with Crippen LogP contribution in [0.1, 0.15) is 32.9 Å². The minimum atomic E-state index is 0.307. The minimum Gasteiger partial charge on any atom is -0.353 e. The molecule has 1 N–H and O–H groups in total. The zero-order chi connectivity index (χ0) is 11.1. The van der Waals surface area contributed by atoms with Crippen LogP contribution in [0.15, 0.2) is 21.7 Å². The molecule has 0 fully saturated rings. The van der Waals surface area contributed by atoms with Gasteiger partial charge in [0.15, 0.2) is 0 Å². The molecule has 2 nitrogen and oxygen atoms in total. The first-order valence-corrected chi connectivity index (χ1v) is 6.13. The number of rotatable bonds is 2. The lowest BCUT2D eigenvalue weighted by atomic mass is 9.81. The van der Waals surface area contributed by atoms with Crippen LogP contribution in [0.4, 0.5) is 0 Å². The predicted octanol–water partition coefficient (Wildman–Crippen LogP) is 3.58. The van der Waals surface area contributed by atoms with Gasteiger partial charge < -0.3 is 4.98 Å². The lowest BCUT2D eigenvalue weighted by molar-refractivity contribution is 0.320. The van der Waals surface area contributed by atoms with Gasteiger partial charge in [0.1, 0.15) is 0 Å². The van der Waals surface area contributed by atoms with Crippen molar-refractivity contribution in [1.29, 1.82) is 0 Å². The Morgan fingerprint density at radius 3 is 2.73 bits per heavy atom. The normalized spacial score (nSPS) is 24.3. The van der Waals surface area contributed by atoms with E-state index in [0.717, 1.165) is 17.4 Å². The number of hydrogen-bond donors (Lipinski definition) is 1. The second-order valence-corrected chi connectivity index (χ2v) is 5.94. The highest BCUT2D eigenvalue weighted by atomic mass is 79.9. The van der Waals surface area contributed by atoms with Gasteiger partial charge in [-0.2, -0.15) is 0 Å². The Hall–Kier alpha value is -0.570. The van der Waals surface area contributed by atoms with E-state index < -0.39 is 0 Å². The first-order valence-electron chi connectivity index (χ1n) is 5.34. The van der Waals surface area contributed by atoms with Gasteiger partial charge in [0, 0.05) is 17.8 Å². The number of H-pyrrole nitrogens is 1. The van der Waals surface area contributed by atoms with Crippen LogP contribution in [0.3, 0.4) is 0 Å². The number of hydrogen-bond acceptors (Lipinski definition) is 1. The summed E-state index contributed by atoms with van der Waals surface area (Å²) in [5, 5.41) is 0. The molecule has 15 heavy (non-hydrogen) atoms. The van der Waals surface area contributed by atoms with Gasteiger partial charge in [-0.15, -0.1) is 0 Å². The van der Waals surface area contributed by atoms with Gasteiger partial charge in [-0.05, 0) is 46.8 Å². The second kappa shape index (κ2) is 3.78. The SMILES string of the molecule is CC1=NC(Cc2ccc(Br)[nH]2)C(C)(C)C1. The quantitative estimate of drug-likeness (QED) is 0.850. The summed E-state index contributed by atoms with van der Waals surface area (Å²) in [5.74, 6) is 0. The van der Waals surface area contributed by atoms with E-state index in [0.29, 0.717) is 11.5 Å². The highest BCUT2D eigenvalue weighted by Crippen LogP contribution is 2.35. The number of aromatic amines is 1. The van der Waals surface area contributed by atoms with Crippen molar-refractivity contribution in [2.24, 2.45) is 10.4 Å². The summed E-state index contributed by atoms with van der Waals surface area (Å²) in [6.45, 7) is 6.73. The van der Waals surface area contributed by atoms with Gasteiger partial charge in [0.05, 0.1) is 10.6 Å². The molecular weight excluding hydrogens is 252 g/mol. The molecule has 0 bridgehead atoms. The molecule has 0 radical (unpaired) electrons. The average molecular weight is 269 g/mol. The van der Waals surface area contributed by atoms with Crippen molar-refractivity contribution in [1.82, 2.24) is 4.98 Å². The Balaban J connectivity index is 2.12. The van der Waals surface area contributed by atoms with E-state index in [1.54, 1.807) is 0 Å². The summed E-state index contributed by atoms with van der Waals surface area (Å²) in [6.07, 6.45) is 2.13. The molecule has 1 unspecified atom stereocenters. The average Bonchev–Trinajstić information content (AvgIpc) is 2.58. The van der Waals surface area contributed by atoms with Gasteiger partial charge in [-0.3, -0.25) is 4.99 Å². The van der Waals surface area contributed by atoms with E-state index in [1.807, 2.05) is 6.07 Å². The lowest BCUT2D eigenvalue weighted by Crippen LogP contribution is -2.25. The van der Waals surface area contributed by atoms with Gasteiger partial charge in [-0.25, -0.2) is 0 Å². The highest BCUT2D eigenvalue weighted by Gasteiger charge is 2.34. The molecule has 1 aromatic heterocycles. The molecular formula is C12H17BrN2. The number of nitrogens with one attached hydrogen (secondary N) is 1. The van der Waals surface area contributed by atoms with Crippen molar-refractivity contribution in [3.05, 3.63) is 22.4 Å². The number of nitrogens with zero attached hydrogens (tertiary/aromatic N) is 1. The summed E-state index contributed by atoms with van der Waals surface area (Å²) >= 11 is 3.43. The fourth-order valence-electron chi connectivity index (χ4n) is 2.32. The molecule has 2 rings (SSSR count). The van der Waals surface area contributed by atoms with Crippen molar-refractivity contribution in [3.8, 4) is 0 Å². The topological polar surface area (TPSA) is 28.1 Å². The largest absolute Gasteiger partial charge is 0.353 e. The van der Waals surface area contributed by atoms with E-state index in [9.17, 15) is 0 Å². The fraction of sp³-hybridized carbons (Fsp3) is 0.583. The number of aliphatic imine (C=N–C) groups is 1. The van der Waals surface area contributed by atoms with Gasteiger partial charge in [-0.1, -0.05) is 13.8 Å². The van der Waals surface area contributed by atoms with Crippen LogP contribution in [0.2, 0.25) is 0 Å². The monoisotopic (exact) mass is 268 g/mol. The molecule has 82 valence electrons. The first kappa shape index (κ1) is 10.9. The van der Waals surface area contributed by atoms with E-state index in [1.165, 1.54) is 11.4 Å². The van der Waals surface area contributed by atoms with E-state index in [-0.39, 0.29) is 0 Å². The van der Waals surface area contributed by atoms with Crippen molar-refractivity contribution in [2.75, 3.05) is 0 Å². The Morgan fingerprint density at radius 2 is 2.27 bits per heavy atom. The van der Waals surface area contributed by atoms with Gasteiger partial charge >= 0.3 is 0 Å². The van der Waals surface area contributed by atoms with Gasteiger partial charge in [0.25, 0.3) is 0 Å². The van der Waals surface area contributed by atoms with Crippen molar-refractivity contribution in [2.45, 2.75) is 39.7 Å². The third kappa shape index (κ3) is 2.33. The molecule has 1 aliphatic heterocycles. The van der Waals surface area contributed by atoms with Crippen molar-refractivity contribution < 1.29 is 0 Å². The molecule has 0 aliphatic carbocycles. The standard InChI is InChI=1S/C12H17BrN2/c1-8-7-12(2,3)10(14-8)6-9-4-5-11(13)15-9/h4-5,10,15H,6-7H2,1-3H3. The Bertz CT molecular complexity index is 390. The van der Waals surface area contributed by atoms with Gasteiger partial charge in [0.2, 0.25) is 0 Å². The van der Waals surface area contributed by atoms with Crippen LogP contribution < -0.4 is 0 Å². The Labute approximate surface area is 99.3 Å². The van der Waals surface area contributed by atoms with Crippen LogP contribution in [0.25, 0.3) is 0 Å². The molecule has 0 spiro atoms. The van der Waals surface area contributed by atoms with E-state index >= 15 is 0 Å². The Morgan fingerprint density at radius 1 is 1.53 bits per heavy atom. The fourth-order valence-corrected chi connectivity index (χ4v) is 2.71. The molecule has 0 aromatic carbocycles. The maximum atomic E-state index is 4.73. The van der Waals surface area contributed by atoms with Crippen molar-refractivity contribution in [3.63, 3.8) is 0 Å². The Kier molecular flexibility index (Phi) is 2.75. The molecule has 1 aliphatic rings. The molecule has 1 atom stereocenters. The third-order valence-corrected chi connectivity index (χ3v) is 3.58. The summed E-state index contributed by atoms with van der Waals surface area (Å²) in [6, 6.07) is 4.60. The zero-order valence-electron chi connectivity index (χ0n) is 9.47. The lowest BCUT2D eigenvalue weighted by Gasteiger charge is -2.24. The third-order valence-electron chi connectivity index (χ3n) is 3.11. The van der Waals surface area contributed by atoms with Crippen LogP contribution in [-0.4, -0.2) is 16.7 Å². The first-order chi connectivity index (χ1) is 6.97. The maximum Gasteiger partial charge on any atom is 0.0822 e. The smallest absolute Gasteiger partial charge is 0.0822 e.